The molecular weight excluding hydrogens is 518 g/mol. The first-order chi connectivity index (χ1) is 19.4. The van der Waals surface area contributed by atoms with Crippen molar-refractivity contribution in [2.45, 2.75) is 51.5 Å². The van der Waals surface area contributed by atoms with Crippen molar-refractivity contribution in [3.8, 4) is 28.1 Å². The number of rotatable bonds is 9. The summed E-state index contributed by atoms with van der Waals surface area (Å²) in [6.07, 6.45) is 7.38. The SMILES string of the molecule is Cc1ccccc1-c1ccc(C(=O)NC2C3CC4CC(C3)CC2C4)nc1-c1ccc(Cl)c(OCCCN(C)C)c1. The van der Waals surface area contributed by atoms with E-state index in [4.69, 9.17) is 21.3 Å². The molecule has 4 bridgehead atoms. The zero-order valence-corrected chi connectivity index (χ0v) is 24.6. The van der Waals surface area contributed by atoms with Gasteiger partial charge in [-0.25, -0.2) is 4.98 Å². The van der Waals surface area contributed by atoms with Gasteiger partial charge in [-0.05, 0) is 119 Å². The van der Waals surface area contributed by atoms with Crippen LogP contribution >= 0.6 is 11.6 Å². The van der Waals surface area contributed by atoms with E-state index in [0.717, 1.165) is 52.7 Å². The molecule has 4 aliphatic carbocycles. The smallest absolute Gasteiger partial charge is 0.270 e. The van der Waals surface area contributed by atoms with E-state index in [2.05, 4.69) is 43.4 Å². The van der Waals surface area contributed by atoms with Gasteiger partial charge in [0.15, 0.2) is 0 Å². The van der Waals surface area contributed by atoms with Crippen LogP contribution in [0.3, 0.4) is 0 Å². The molecule has 0 aliphatic heterocycles. The van der Waals surface area contributed by atoms with Crippen molar-refractivity contribution in [3.63, 3.8) is 0 Å². The lowest BCUT2D eigenvalue weighted by atomic mass is 9.54. The second-order valence-electron chi connectivity index (χ2n) is 12.5. The summed E-state index contributed by atoms with van der Waals surface area (Å²) < 4.78 is 6.09. The Bertz CT molecular complexity index is 1360. The quantitative estimate of drug-likeness (QED) is 0.281. The highest BCUT2D eigenvalue weighted by Crippen LogP contribution is 2.53. The van der Waals surface area contributed by atoms with Crippen LogP contribution in [0.25, 0.3) is 22.4 Å². The van der Waals surface area contributed by atoms with Gasteiger partial charge < -0.3 is 15.0 Å². The van der Waals surface area contributed by atoms with Crippen LogP contribution in [-0.2, 0) is 0 Å². The molecule has 5 nitrogen and oxygen atoms in total. The number of carbonyl (C=O) groups excluding carboxylic acids is 1. The van der Waals surface area contributed by atoms with Crippen molar-refractivity contribution < 1.29 is 9.53 Å². The predicted octanol–water partition coefficient (Wildman–Crippen LogP) is 7.26. The lowest BCUT2D eigenvalue weighted by Crippen LogP contribution is -2.55. The van der Waals surface area contributed by atoms with Gasteiger partial charge in [0.1, 0.15) is 11.4 Å². The summed E-state index contributed by atoms with van der Waals surface area (Å²) in [7, 11) is 4.11. The number of aromatic nitrogens is 1. The first-order valence-electron chi connectivity index (χ1n) is 14.8. The molecule has 210 valence electrons. The van der Waals surface area contributed by atoms with Crippen molar-refractivity contribution in [1.29, 1.82) is 0 Å². The maximum Gasteiger partial charge on any atom is 0.270 e. The monoisotopic (exact) mass is 557 g/mol. The largest absolute Gasteiger partial charge is 0.492 e. The van der Waals surface area contributed by atoms with Crippen LogP contribution in [0.2, 0.25) is 5.02 Å². The minimum absolute atomic E-state index is 0.0656. The minimum Gasteiger partial charge on any atom is -0.492 e. The van der Waals surface area contributed by atoms with Gasteiger partial charge in [-0.3, -0.25) is 4.79 Å². The minimum atomic E-state index is -0.0656. The number of carbonyl (C=O) groups is 1. The Labute approximate surface area is 243 Å². The summed E-state index contributed by atoms with van der Waals surface area (Å²) in [6, 6.07) is 18.3. The molecule has 0 radical (unpaired) electrons. The van der Waals surface area contributed by atoms with E-state index in [1.807, 2.05) is 42.5 Å². The Morgan fingerprint density at radius 1 is 0.975 bits per heavy atom. The highest BCUT2D eigenvalue weighted by Gasteiger charge is 2.48. The van der Waals surface area contributed by atoms with Crippen molar-refractivity contribution in [3.05, 3.63) is 70.9 Å². The van der Waals surface area contributed by atoms with Crippen molar-refractivity contribution >= 4 is 17.5 Å². The topological polar surface area (TPSA) is 54.5 Å². The number of hydrogen-bond acceptors (Lipinski definition) is 4. The van der Waals surface area contributed by atoms with E-state index >= 15 is 0 Å². The fraction of sp³-hybridized carbons (Fsp3) is 0.471. The summed E-state index contributed by atoms with van der Waals surface area (Å²) >= 11 is 6.54. The van der Waals surface area contributed by atoms with Crippen LogP contribution in [0.4, 0.5) is 0 Å². The maximum absolute atomic E-state index is 13.7. The number of amides is 1. The molecule has 1 aromatic heterocycles. The second-order valence-corrected chi connectivity index (χ2v) is 12.9. The lowest BCUT2D eigenvalue weighted by molar-refractivity contribution is -0.0120. The maximum atomic E-state index is 13.7. The van der Waals surface area contributed by atoms with E-state index in [1.54, 1.807) is 0 Å². The van der Waals surface area contributed by atoms with Gasteiger partial charge in [0.2, 0.25) is 0 Å². The number of benzene rings is 2. The molecule has 4 fully saturated rings. The number of pyridine rings is 1. The number of nitrogens with zero attached hydrogens (tertiary/aromatic N) is 2. The van der Waals surface area contributed by atoms with E-state index in [0.29, 0.717) is 34.9 Å². The lowest BCUT2D eigenvalue weighted by Gasteiger charge is -2.54. The zero-order valence-electron chi connectivity index (χ0n) is 23.8. The van der Waals surface area contributed by atoms with Gasteiger partial charge in [-0.15, -0.1) is 0 Å². The molecule has 1 amide bonds. The Kier molecular flexibility index (Phi) is 7.87. The van der Waals surface area contributed by atoms with Crippen LogP contribution in [0, 0.1) is 30.6 Å². The highest BCUT2D eigenvalue weighted by atomic mass is 35.5. The standard InChI is InChI=1S/C34H40ClN3O2/c1-21-7-4-5-8-27(21)28-10-12-30(34(39)37-32-25-16-22-15-23(18-25)19-26(32)17-22)36-33(28)24-9-11-29(35)31(20-24)40-14-6-13-38(2)3/h4-5,7-12,20,22-23,25-26,32H,6,13-19H2,1-3H3,(H,37,39). The third-order valence-electron chi connectivity index (χ3n) is 9.30. The molecule has 6 heteroatoms. The molecule has 4 saturated carbocycles. The molecule has 0 atom stereocenters. The Morgan fingerprint density at radius 3 is 2.40 bits per heavy atom. The second kappa shape index (κ2) is 11.5. The van der Waals surface area contributed by atoms with E-state index in [-0.39, 0.29) is 11.9 Å². The van der Waals surface area contributed by atoms with Crippen LogP contribution in [0.15, 0.2) is 54.6 Å². The molecule has 0 spiro atoms. The molecule has 40 heavy (non-hydrogen) atoms. The summed E-state index contributed by atoms with van der Waals surface area (Å²) in [6.45, 7) is 3.62. The Morgan fingerprint density at radius 2 is 1.70 bits per heavy atom. The fourth-order valence-electron chi connectivity index (χ4n) is 7.61. The predicted molar refractivity (Wildman–Crippen MR) is 162 cm³/mol. The first kappa shape index (κ1) is 27.3. The highest BCUT2D eigenvalue weighted by molar-refractivity contribution is 6.32. The Balaban J connectivity index is 1.31. The molecule has 0 saturated heterocycles. The van der Waals surface area contributed by atoms with Gasteiger partial charge in [-0.2, -0.15) is 0 Å². The average molecular weight is 558 g/mol. The summed E-state index contributed by atoms with van der Waals surface area (Å²) in [5, 5.41) is 4.01. The van der Waals surface area contributed by atoms with Crippen LogP contribution < -0.4 is 10.1 Å². The first-order valence-corrected chi connectivity index (χ1v) is 15.2. The molecule has 3 aromatic rings. The average Bonchev–Trinajstić information content (AvgIpc) is 2.93. The fourth-order valence-corrected chi connectivity index (χ4v) is 7.78. The van der Waals surface area contributed by atoms with Gasteiger partial charge in [0, 0.05) is 23.7 Å². The number of aryl methyl sites for hydroxylation is 1. The van der Waals surface area contributed by atoms with E-state index < -0.39 is 0 Å². The normalized spacial score (nSPS) is 24.9. The molecule has 4 aliphatic rings. The van der Waals surface area contributed by atoms with Gasteiger partial charge in [0.05, 0.1) is 17.3 Å². The molecule has 7 rings (SSSR count). The third-order valence-corrected chi connectivity index (χ3v) is 9.61. The summed E-state index contributed by atoms with van der Waals surface area (Å²) in [5.74, 6) is 3.56. The summed E-state index contributed by atoms with van der Waals surface area (Å²) in [5.41, 5.74) is 5.36. The Hall–Kier alpha value is -2.89. The van der Waals surface area contributed by atoms with Crippen LogP contribution in [0.1, 0.15) is 54.6 Å². The van der Waals surface area contributed by atoms with Gasteiger partial charge >= 0.3 is 0 Å². The molecule has 1 heterocycles. The van der Waals surface area contributed by atoms with E-state index in [1.165, 1.54) is 32.1 Å². The number of nitrogens with one attached hydrogen (secondary N) is 1. The molecule has 0 unspecified atom stereocenters. The third kappa shape index (κ3) is 5.64. The number of hydrogen-bond donors (Lipinski definition) is 1. The van der Waals surface area contributed by atoms with Crippen LogP contribution in [-0.4, -0.2) is 49.1 Å². The zero-order chi connectivity index (χ0) is 27.8. The van der Waals surface area contributed by atoms with Crippen molar-refractivity contribution in [2.75, 3.05) is 27.2 Å². The van der Waals surface area contributed by atoms with Crippen molar-refractivity contribution in [1.82, 2.24) is 15.2 Å². The summed E-state index contributed by atoms with van der Waals surface area (Å²) in [4.78, 5) is 20.8. The van der Waals surface area contributed by atoms with Gasteiger partial charge in [-0.1, -0.05) is 41.9 Å². The van der Waals surface area contributed by atoms with Crippen LogP contribution in [0.5, 0.6) is 5.75 Å². The van der Waals surface area contributed by atoms with Gasteiger partial charge in [0.25, 0.3) is 5.91 Å². The van der Waals surface area contributed by atoms with Crippen molar-refractivity contribution in [2.24, 2.45) is 23.7 Å². The number of ether oxygens (including phenoxy) is 1. The molecule has 1 N–H and O–H groups in total. The molecular formula is C34H40ClN3O2. The molecule has 2 aromatic carbocycles. The number of halogens is 1. The van der Waals surface area contributed by atoms with E-state index in [9.17, 15) is 4.79 Å².